The van der Waals surface area contributed by atoms with Crippen LogP contribution in [0.15, 0.2) is 36.4 Å². The molecule has 6 heteroatoms. The summed E-state index contributed by atoms with van der Waals surface area (Å²) in [5, 5.41) is 5.18. The Morgan fingerprint density at radius 2 is 1.96 bits per heavy atom. The summed E-state index contributed by atoms with van der Waals surface area (Å²) in [6.45, 7) is 2.79. The number of hydrogen-bond donors (Lipinski definition) is 1. The smallest absolute Gasteiger partial charge is 0.124 e. The Bertz CT molecular complexity index is 718. The molecule has 1 N–H and O–H groups in total. The molecule has 1 aliphatic rings. The van der Waals surface area contributed by atoms with E-state index in [-0.39, 0.29) is 0 Å². The molecule has 0 saturated carbocycles. The number of rotatable bonds is 7. The van der Waals surface area contributed by atoms with Gasteiger partial charge in [-0.2, -0.15) is 0 Å². The Kier molecular flexibility index (Phi) is 6.85. The van der Waals surface area contributed by atoms with Gasteiger partial charge in [0.05, 0.1) is 16.1 Å². The van der Waals surface area contributed by atoms with Crippen LogP contribution >= 0.6 is 34.8 Å². The third-order valence-corrected chi connectivity index (χ3v) is 5.09. The second-order valence-corrected chi connectivity index (χ2v) is 7.31. The highest BCUT2D eigenvalue weighted by Gasteiger charge is 2.15. The molecule has 2 aromatic rings. The van der Waals surface area contributed by atoms with Gasteiger partial charge in [0.25, 0.3) is 0 Å². The van der Waals surface area contributed by atoms with Crippen molar-refractivity contribution >= 4 is 34.8 Å². The fourth-order valence-electron chi connectivity index (χ4n) is 2.79. The lowest BCUT2D eigenvalue weighted by molar-refractivity contribution is 0.110. The molecule has 1 unspecified atom stereocenters. The first-order valence-corrected chi connectivity index (χ1v) is 9.42. The van der Waals surface area contributed by atoms with Gasteiger partial charge in [-0.15, -0.1) is 0 Å². The molecule has 3 rings (SSSR count). The summed E-state index contributed by atoms with van der Waals surface area (Å²) in [6.07, 6.45) is 2.56. The summed E-state index contributed by atoms with van der Waals surface area (Å²) >= 11 is 18.1. The lowest BCUT2D eigenvalue weighted by Crippen LogP contribution is -2.26. The summed E-state index contributed by atoms with van der Waals surface area (Å²) < 4.78 is 11.6. The molecule has 25 heavy (non-hydrogen) atoms. The van der Waals surface area contributed by atoms with Gasteiger partial charge in [-0.05, 0) is 48.7 Å². The number of benzene rings is 2. The van der Waals surface area contributed by atoms with Crippen molar-refractivity contribution in [1.82, 2.24) is 5.32 Å². The Morgan fingerprint density at radius 1 is 1.08 bits per heavy atom. The predicted octanol–water partition coefficient (Wildman–Crippen LogP) is 5.49. The summed E-state index contributed by atoms with van der Waals surface area (Å²) in [7, 11) is 0. The van der Waals surface area contributed by atoms with Gasteiger partial charge in [-0.1, -0.05) is 40.9 Å². The van der Waals surface area contributed by atoms with E-state index < -0.39 is 0 Å². The van der Waals surface area contributed by atoms with Crippen molar-refractivity contribution in [2.24, 2.45) is 0 Å². The standard InChI is InChI=1S/C19H20Cl3NO2/c20-15-4-6-19(25-12-13-3-5-17(21)18(22)8-13)14(9-15)10-23-11-16-2-1-7-24-16/h3-6,8-9,16,23H,1-2,7,10-12H2. The molecule has 0 bridgehead atoms. The zero-order chi connectivity index (χ0) is 17.6. The van der Waals surface area contributed by atoms with Gasteiger partial charge in [0.2, 0.25) is 0 Å². The molecule has 0 radical (unpaired) electrons. The number of hydrogen-bond acceptors (Lipinski definition) is 3. The average molecular weight is 401 g/mol. The van der Waals surface area contributed by atoms with Crippen molar-refractivity contribution in [3.05, 3.63) is 62.6 Å². The SMILES string of the molecule is Clc1ccc(OCc2ccc(Cl)c(Cl)c2)c(CNCC2CCCO2)c1. The topological polar surface area (TPSA) is 30.5 Å². The molecular formula is C19H20Cl3NO2. The Hall–Kier alpha value is -0.970. The van der Waals surface area contributed by atoms with Crippen LogP contribution in [0.25, 0.3) is 0 Å². The van der Waals surface area contributed by atoms with E-state index in [4.69, 9.17) is 44.3 Å². The minimum Gasteiger partial charge on any atom is -0.489 e. The molecule has 1 atom stereocenters. The van der Waals surface area contributed by atoms with Gasteiger partial charge in [0.15, 0.2) is 0 Å². The molecule has 2 aromatic carbocycles. The van der Waals surface area contributed by atoms with E-state index in [1.54, 1.807) is 6.07 Å². The molecule has 0 aromatic heterocycles. The molecule has 0 spiro atoms. The van der Waals surface area contributed by atoms with E-state index in [0.717, 1.165) is 42.9 Å². The minimum atomic E-state index is 0.305. The Balaban J connectivity index is 1.60. The van der Waals surface area contributed by atoms with E-state index in [0.29, 0.717) is 34.3 Å². The molecule has 0 aliphatic carbocycles. The van der Waals surface area contributed by atoms with Crippen molar-refractivity contribution in [3.8, 4) is 5.75 Å². The molecule has 3 nitrogen and oxygen atoms in total. The minimum absolute atomic E-state index is 0.305. The van der Waals surface area contributed by atoms with Crippen molar-refractivity contribution in [2.75, 3.05) is 13.2 Å². The van der Waals surface area contributed by atoms with E-state index >= 15 is 0 Å². The van der Waals surface area contributed by atoms with Gasteiger partial charge in [0, 0.05) is 30.3 Å². The van der Waals surface area contributed by atoms with Crippen molar-refractivity contribution in [1.29, 1.82) is 0 Å². The maximum atomic E-state index is 6.14. The van der Waals surface area contributed by atoms with Gasteiger partial charge in [0.1, 0.15) is 12.4 Å². The highest BCUT2D eigenvalue weighted by molar-refractivity contribution is 6.42. The van der Waals surface area contributed by atoms with E-state index in [9.17, 15) is 0 Å². The zero-order valence-corrected chi connectivity index (χ0v) is 16.0. The van der Waals surface area contributed by atoms with Crippen LogP contribution in [0.1, 0.15) is 24.0 Å². The summed E-state index contributed by atoms with van der Waals surface area (Å²) in [5.74, 6) is 0.801. The van der Waals surface area contributed by atoms with E-state index in [2.05, 4.69) is 5.32 Å². The van der Waals surface area contributed by atoms with Crippen LogP contribution in [0.2, 0.25) is 15.1 Å². The Morgan fingerprint density at radius 3 is 2.72 bits per heavy atom. The average Bonchev–Trinajstić information content (AvgIpc) is 3.10. The lowest BCUT2D eigenvalue weighted by atomic mass is 10.2. The van der Waals surface area contributed by atoms with Gasteiger partial charge in [-0.3, -0.25) is 0 Å². The third-order valence-electron chi connectivity index (χ3n) is 4.11. The van der Waals surface area contributed by atoms with Crippen LogP contribution in [0.4, 0.5) is 0 Å². The highest BCUT2D eigenvalue weighted by Crippen LogP contribution is 2.26. The molecule has 134 valence electrons. The number of nitrogens with one attached hydrogen (secondary N) is 1. The first kappa shape index (κ1) is 18.8. The fraction of sp³-hybridized carbons (Fsp3) is 0.368. The number of ether oxygens (including phenoxy) is 2. The molecular weight excluding hydrogens is 381 g/mol. The maximum absolute atomic E-state index is 6.14. The van der Waals surface area contributed by atoms with Crippen LogP contribution < -0.4 is 10.1 Å². The Labute approximate surface area is 163 Å². The van der Waals surface area contributed by atoms with Gasteiger partial charge < -0.3 is 14.8 Å². The summed E-state index contributed by atoms with van der Waals surface area (Å²) in [5.41, 5.74) is 1.98. The first-order valence-electron chi connectivity index (χ1n) is 8.29. The molecule has 1 aliphatic heterocycles. The summed E-state index contributed by atoms with van der Waals surface area (Å²) in [6, 6.07) is 11.1. The van der Waals surface area contributed by atoms with Crippen molar-refractivity contribution in [2.45, 2.75) is 32.1 Å². The van der Waals surface area contributed by atoms with Crippen LogP contribution in [-0.2, 0) is 17.9 Å². The molecule has 1 heterocycles. The number of halogens is 3. The largest absolute Gasteiger partial charge is 0.489 e. The van der Waals surface area contributed by atoms with Crippen LogP contribution in [0, 0.1) is 0 Å². The second kappa shape index (κ2) is 9.11. The maximum Gasteiger partial charge on any atom is 0.124 e. The first-order chi connectivity index (χ1) is 12.1. The van der Waals surface area contributed by atoms with Crippen molar-refractivity contribution in [3.63, 3.8) is 0 Å². The van der Waals surface area contributed by atoms with Gasteiger partial charge >= 0.3 is 0 Å². The van der Waals surface area contributed by atoms with Crippen LogP contribution in [0.3, 0.4) is 0 Å². The van der Waals surface area contributed by atoms with Crippen LogP contribution in [0.5, 0.6) is 5.75 Å². The normalized spacial score (nSPS) is 17.0. The monoisotopic (exact) mass is 399 g/mol. The fourth-order valence-corrected chi connectivity index (χ4v) is 3.31. The van der Waals surface area contributed by atoms with Gasteiger partial charge in [-0.25, -0.2) is 0 Å². The molecule has 1 fully saturated rings. The van der Waals surface area contributed by atoms with Crippen molar-refractivity contribution < 1.29 is 9.47 Å². The van der Waals surface area contributed by atoms with E-state index in [1.165, 1.54) is 0 Å². The molecule has 0 amide bonds. The second-order valence-electron chi connectivity index (χ2n) is 6.06. The summed E-state index contributed by atoms with van der Waals surface area (Å²) in [4.78, 5) is 0. The zero-order valence-electron chi connectivity index (χ0n) is 13.7. The van der Waals surface area contributed by atoms with Crippen LogP contribution in [-0.4, -0.2) is 19.3 Å². The lowest BCUT2D eigenvalue weighted by Gasteiger charge is -2.15. The quantitative estimate of drug-likeness (QED) is 0.666. The highest BCUT2D eigenvalue weighted by atomic mass is 35.5. The van der Waals surface area contributed by atoms with E-state index in [1.807, 2.05) is 30.3 Å². The molecule has 1 saturated heterocycles. The predicted molar refractivity (Wildman–Crippen MR) is 103 cm³/mol. The third kappa shape index (κ3) is 5.50.